The lowest BCUT2D eigenvalue weighted by molar-refractivity contribution is -0.171. The molecule has 0 aliphatic heterocycles. The normalized spacial score (nSPS) is 9.55. The zero-order chi connectivity index (χ0) is 23.6. The van der Waals surface area contributed by atoms with Crippen LogP contribution in [0, 0.1) is 0 Å². The first-order valence-electron chi connectivity index (χ1n) is 8.44. The van der Waals surface area contributed by atoms with Crippen LogP contribution in [-0.4, -0.2) is 67.0 Å². The van der Waals surface area contributed by atoms with Gasteiger partial charge in [0.25, 0.3) is 0 Å². The molecule has 0 fully saturated rings. The van der Waals surface area contributed by atoms with Crippen molar-refractivity contribution >= 4 is 11.9 Å². The van der Waals surface area contributed by atoms with E-state index in [0.29, 0.717) is 12.0 Å². The third kappa shape index (κ3) is 20.0. The van der Waals surface area contributed by atoms with E-state index in [-0.39, 0.29) is 24.4 Å². The van der Waals surface area contributed by atoms with Gasteiger partial charge in [0.1, 0.15) is 6.10 Å². The first kappa shape index (κ1) is 31.1. The summed E-state index contributed by atoms with van der Waals surface area (Å²) in [6.07, 6.45) is -0.651. The molecular weight excluding hydrogens is 384 g/mol. The van der Waals surface area contributed by atoms with E-state index in [0.717, 1.165) is 0 Å². The van der Waals surface area contributed by atoms with Gasteiger partial charge in [-0.25, -0.2) is 9.59 Å². The topological polar surface area (TPSA) is 176 Å². The molecule has 1 aromatic carbocycles. The van der Waals surface area contributed by atoms with Crippen molar-refractivity contribution in [2.75, 3.05) is 13.2 Å². The Balaban J connectivity index is -0.000000328. The number of carboxylic acid groups (broad SMARTS) is 2. The van der Waals surface area contributed by atoms with E-state index < -0.39 is 23.8 Å². The second kappa shape index (κ2) is 17.5. The Morgan fingerprint density at radius 3 is 1.41 bits per heavy atom. The van der Waals surface area contributed by atoms with Gasteiger partial charge in [-0.15, -0.1) is 0 Å². The van der Waals surface area contributed by atoms with Gasteiger partial charge in [-0.1, -0.05) is 50.4 Å². The first-order valence-corrected chi connectivity index (χ1v) is 8.44. The molecule has 1 aromatic rings. The summed E-state index contributed by atoms with van der Waals surface area (Å²) in [5.74, 6) is -3.54. The van der Waals surface area contributed by atoms with Gasteiger partial charge < -0.3 is 35.7 Å². The van der Waals surface area contributed by atoms with E-state index >= 15 is 0 Å². The number of benzene rings is 1. The summed E-state index contributed by atoms with van der Waals surface area (Å²) >= 11 is 0. The minimum absolute atomic E-state index is 0.176. The van der Waals surface area contributed by atoms with Crippen LogP contribution in [0.3, 0.4) is 0 Å². The van der Waals surface area contributed by atoms with Gasteiger partial charge in [-0.3, -0.25) is 0 Å². The highest BCUT2D eigenvalue weighted by Gasteiger charge is 2.21. The van der Waals surface area contributed by atoms with E-state index in [4.69, 9.17) is 25.5 Å². The Labute approximate surface area is 170 Å². The van der Waals surface area contributed by atoms with Crippen molar-refractivity contribution in [3.63, 3.8) is 0 Å². The monoisotopic (exact) mass is 416 g/mol. The minimum Gasteiger partial charge on any atom is -0.478 e. The summed E-state index contributed by atoms with van der Waals surface area (Å²) in [5.41, 5.74) is 0.896. The maximum atomic E-state index is 9.60. The smallest absolute Gasteiger partial charge is 0.330 e. The van der Waals surface area contributed by atoms with Gasteiger partial charge in [-0.05, 0) is 13.8 Å². The minimum atomic E-state index is -1.67. The van der Waals surface area contributed by atoms with Crippen molar-refractivity contribution in [3.05, 3.63) is 60.2 Å². The highest BCUT2D eigenvalue weighted by Crippen LogP contribution is 2.20. The third-order valence-electron chi connectivity index (χ3n) is 2.88. The predicted molar refractivity (Wildman–Crippen MR) is 108 cm³/mol. The Morgan fingerprint density at radius 1 is 0.931 bits per heavy atom. The zero-order valence-electron chi connectivity index (χ0n) is 16.9. The fraction of sp³-hybridized carbons (Fsp3) is 0.400. The van der Waals surface area contributed by atoms with E-state index in [1.54, 1.807) is 31.2 Å². The van der Waals surface area contributed by atoms with Crippen molar-refractivity contribution < 1.29 is 45.3 Å². The molecule has 0 bridgehead atoms. The van der Waals surface area contributed by atoms with E-state index in [9.17, 15) is 19.8 Å². The molecule has 29 heavy (non-hydrogen) atoms. The standard InChI is InChI=1S/C9H12O2.2C4H6O2.C3H8O3/c1-2-9(10,11)8-6-4-3-5-7-8;2*1-3(2)4(5)6;4-1-3(6)2-5/h3-7,10-11H,2H2,1H3;2*1H2,2H3,(H,5,6);3-6H,1-2H2. The highest BCUT2D eigenvalue weighted by atomic mass is 16.5. The maximum absolute atomic E-state index is 9.60. The Kier molecular flexibility index (Phi) is 18.8. The van der Waals surface area contributed by atoms with Crippen molar-refractivity contribution in [1.29, 1.82) is 0 Å². The lowest BCUT2D eigenvalue weighted by Crippen LogP contribution is -2.23. The van der Waals surface area contributed by atoms with Crippen LogP contribution in [0.2, 0.25) is 0 Å². The number of aliphatic carboxylic acids is 2. The van der Waals surface area contributed by atoms with Gasteiger partial charge in [0.05, 0.1) is 13.2 Å². The Bertz CT molecular complexity index is 558. The predicted octanol–water partition coefficient (Wildman–Crippen LogP) is 0.860. The number of carboxylic acids is 2. The molecule has 9 nitrogen and oxygen atoms in total. The van der Waals surface area contributed by atoms with E-state index in [1.165, 1.54) is 13.8 Å². The van der Waals surface area contributed by atoms with Gasteiger partial charge in [0.15, 0.2) is 5.79 Å². The number of aliphatic hydroxyl groups excluding tert-OH is 3. The third-order valence-corrected chi connectivity index (χ3v) is 2.88. The maximum Gasteiger partial charge on any atom is 0.330 e. The lowest BCUT2D eigenvalue weighted by Gasteiger charge is -2.19. The second-order valence-corrected chi connectivity index (χ2v) is 5.73. The number of rotatable bonds is 6. The molecule has 0 unspecified atom stereocenters. The zero-order valence-corrected chi connectivity index (χ0v) is 16.9. The van der Waals surface area contributed by atoms with Crippen LogP contribution in [0.1, 0.15) is 32.8 Å². The summed E-state index contributed by atoms with van der Waals surface area (Å²) in [6, 6.07) is 8.81. The van der Waals surface area contributed by atoms with Crippen LogP contribution >= 0.6 is 0 Å². The number of hydrogen-bond acceptors (Lipinski definition) is 7. The first-order chi connectivity index (χ1) is 13.3. The Hall–Kier alpha value is -2.56. The molecule has 0 amide bonds. The summed E-state index contributed by atoms with van der Waals surface area (Å²) < 4.78 is 0. The molecule has 0 aliphatic carbocycles. The van der Waals surface area contributed by atoms with Gasteiger partial charge in [-0.2, -0.15) is 0 Å². The molecule has 0 heterocycles. The van der Waals surface area contributed by atoms with Crippen LogP contribution in [0.5, 0.6) is 0 Å². The van der Waals surface area contributed by atoms with Crippen LogP contribution in [0.4, 0.5) is 0 Å². The van der Waals surface area contributed by atoms with Crippen LogP contribution < -0.4 is 0 Å². The summed E-state index contributed by atoms with van der Waals surface area (Å²) in [4.78, 5) is 19.2. The summed E-state index contributed by atoms with van der Waals surface area (Å²) in [5, 5.41) is 58.5. The number of carbonyl (C=O) groups is 2. The van der Waals surface area contributed by atoms with Crippen molar-refractivity contribution in [3.8, 4) is 0 Å². The SMILES string of the molecule is C=C(C)C(=O)O.C=C(C)C(=O)O.CCC(O)(O)c1ccccc1.OCC(O)CO. The number of hydrogen-bond donors (Lipinski definition) is 7. The van der Waals surface area contributed by atoms with Crippen LogP contribution in [0.25, 0.3) is 0 Å². The van der Waals surface area contributed by atoms with Gasteiger partial charge >= 0.3 is 11.9 Å². The van der Waals surface area contributed by atoms with Crippen molar-refractivity contribution in [2.45, 2.75) is 39.1 Å². The number of aliphatic hydroxyl groups is 5. The van der Waals surface area contributed by atoms with E-state index in [1.807, 2.05) is 6.07 Å². The molecular formula is C20H32O9. The van der Waals surface area contributed by atoms with Crippen LogP contribution in [-0.2, 0) is 15.4 Å². The molecule has 9 heteroatoms. The summed E-state index contributed by atoms with van der Waals surface area (Å²) in [7, 11) is 0. The molecule has 0 atom stereocenters. The van der Waals surface area contributed by atoms with Gasteiger partial charge in [0.2, 0.25) is 0 Å². The molecule has 0 aromatic heterocycles. The van der Waals surface area contributed by atoms with Crippen molar-refractivity contribution in [2.24, 2.45) is 0 Å². The van der Waals surface area contributed by atoms with Crippen molar-refractivity contribution in [1.82, 2.24) is 0 Å². The molecule has 1 rings (SSSR count). The molecule has 0 aliphatic rings. The second-order valence-electron chi connectivity index (χ2n) is 5.73. The molecule has 7 N–H and O–H groups in total. The van der Waals surface area contributed by atoms with E-state index in [2.05, 4.69) is 13.2 Å². The fourth-order valence-corrected chi connectivity index (χ4v) is 0.967. The molecule has 0 saturated heterocycles. The average molecular weight is 416 g/mol. The summed E-state index contributed by atoms with van der Waals surface area (Å²) in [6.45, 7) is 10.2. The largest absolute Gasteiger partial charge is 0.478 e. The average Bonchev–Trinajstić information content (AvgIpc) is 2.69. The molecule has 166 valence electrons. The fourth-order valence-electron chi connectivity index (χ4n) is 0.967. The molecule has 0 saturated carbocycles. The van der Waals surface area contributed by atoms with Crippen LogP contribution in [0.15, 0.2) is 54.6 Å². The van der Waals surface area contributed by atoms with Gasteiger partial charge in [0, 0.05) is 23.1 Å². The Morgan fingerprint density at radius 2 is 1.24 bits per heavy atom. The lowest BCUT2D eigenvalue weighted by atomic mass is 10.0. The molecule has 0 radical (unpaired) electrons. The highest BCUT2D eigenvalue weighted by molar-refractivity contribution is 5.85. The molecule has 0 spiro atoms. The quantitative estimate of drug-likeness (QED) is 0.262.